The van der Waals surface area contributed by atoms with Crippen LogP contribution in [0, 0.1) is 6.92 Å². The molecule has 0 unspecified atom stereocenters. The highest BCUT2D eigenvalue weighted by Gasteiger charge is 2.07. The molecule has 138 valence electrons. The van der Waals surface area contributed by atoms with Crippen LogP contribution in [0.15, 0.2) is 82.3 Å². The molecular formula is C23H17ClN2O2. The van der Waals surface area contributed by atoms with Gasteiger partial charge in [0.2, 0.25) is 0 Å². The summed E-state index contributed by atoms with van der Waals surface area (Å²) in [6.45, 7) is 1.95. The van der Waals surface area contributed by atoms with Crippen molar-refractivity contribution in [1.82, 2.24) is 5.43 Å². The molecule has 28 heavy (non-hydrogen) atoms. The summed E-state index contributed by atoms with van der Waals surface area (Å²) in [7, 11) is 0. The van der Waals surface area contributed by atoms with Crippen molar-refractivity contribution in [3.8, 4) is 11.3 Å². The van der Waals surface area contributed by atoms with Gasteiger partial charge in [-0.3, -0.25) is 4.79 Å². The fraction of sp³-hybridized carbons (Fsp3) is 0.0435. The number of rotatable bonds is 4. The third-order valence-corrected chi connectivity index (χ3v) is 4.86. The first-order valence-electron chi connectivity index (χ1n) is 8.79. The molecule has 4 aromatic rings. The summed E-state index contributed by atoms with van der Waals surface area (Å²) in [6, 6.07) is 22.8. The molecule has 3 aromatic carbocycles. The molecule has 0 saturated carbocycles. The van der Waals surface area contributed by atoms with Crippen LogP contribution in [0.2, 0.25) is 5.02 Å². The largest absolute Gasteiger partial charge is 0.455 e. The van der Waals surface area contributed by atoms with Crippen LogP contribution >= 0.6 is 11.6 Å². The van der Waals surface area contributed by atoms with E-state index in [1.54, 1.807) is 12.1 Å². The molecule has 1 heterocycles. The zero-order valence-electron chi connectivity index (χ0n) is 15.1. The maximum absolute atomic E-state index is 12.3. The minimum atomic E-state index is -0.279. The third kappa shape index (κ3) is 3.82. The number of carbonyl (C=O) groups is 1. The minimum Gasteiger partial charge on any atom is -0.455 e. The number of aryl methyl sites for hydroxylation is 1. The van der Waals surface area contributed by atoms with Gasteiger partial charge < -0.3 is 4.42 Å². The van der Waals surface area contributed by atoms with E-state index in [0.717, 1.165) is 21.9 Å². The number of hydrogen-bond acceptors (Lipinski definition) is 3. The fourth-order valence-corrected chi connectivity index (χ4v) is 3.05. The number of hydrazone groups is 1. The molecule has 0 fully saturated rings. The number of carbonyl (C=O) groups excluding carboxylic acids is 1. The predicted molar refractivity (Wildman–Crippen MR) is 113 cm³/mol. The number of hydrogen-bond donors (Lipinski definition) is 1. The van der Waals surface area contributed by atoms with Crippen LogP contribution in [0.25, 0.3) is 22.1 Å². The fourth-order valence-electron chi connectivity index (χ4n) is 2.87. The summed E-state index contributed by atoms with van der Waals surface area (Å²) in [5.74, 6) is 0.939. The number of fused-ring (bicyclic) bond motifs is 1. The van der Waals surface area contributed by atoms with Gasteiger partial charge in [-0.1, -0.05) is 54.1 Å². The van der Waals surface area contributed by atoms with E-state index in [0.29, 0.717) is 22.1 Å². The number of halogens is 1. The molecule has 0 aliphatic carbocycles. The molecule has 0 atom stereocenters. The van der Waals surface area contributed by atoms with Gasteiger partial charge in [0.15, 0.2) is 0 Å². The molecule has 0 saturated heterocycles. The van der Waals surface area contributed by atoms with Crippen LogP contribution in [0.1, 0.15) is 21.7 Å². The van der Waals surface area contributed by atoms with Gasteiger partial charge in [0.25, 0.3) is 5.91 Å². The number of furan rings is 1. The molecule has 0 bridgehead atoms. The lowest BCUT2D eigenvalue weighted by atomic mass is 10.1. The maximum atomic E-state index is 12.3. The van der Waals surface area contributed by atoms with E-state index in [1.165, 1.54) is 6.21 Å². The summed E-state index contributed by atoms with van der Waals surface area (Å²) >= 11 is 6.17. The van der Waals surface area contributed by atoms with Gasteiger partial charge in [-0.25, -0.2) is 5.43 Å². The monoisotopic (exact) mass is 388 g/mol. The second-order valence-electron chi connectivity index (χ2n) is 6.43. The minimum absolute atomic E-state index is 0.279. The number of nitrogens with one attached hydrogen (secondary N) is 1. The van der Waals surface area contributed by atoms with Crippen LogP contribution in [0.4, 0.5) is 0 Å². The molecule has 0 aliphatic rings. The summed E-state index contributed by atoms with van der Waals surface area (Å²) in [6.07, 6.45) is 1.47. The second kappa shape index (κ2) is 7.71. The summed E-state index contributed by atoms with van der Waals surface area (Å²) in [4.78, 5) is 12.3. The molecule has 5 heteroatoms. The lowest BCUT2D eigenvalue weighted by Crippen LogP contribution is -2.17. The molecule has 0 radical (unpaired) electrons. The molecule has 1 amide bonds. The Bertz CT molecular complexity index is 1190. The Morgan fingerprint density at radius 3 is 2.64 bits per heavy atom. The van der Waals surface area contributed by atoms with Crippen molar-refractivity contribution in [2.75, 3.05) is 0 Å². The molecule has 4 rings (SSSR count). The van der Waals surface area contributed by atoms with Gasteiger partial charge >= 0.3 is 0 Å². The average Bonchev–Trinajstić information content (AvgIpc) is 3.18. The van der Waals surface area contributed by atoms with Crippen molar-refractivity contribution in [3.63, 3.8) is 0 Å². The Hall–Kier alpha value is -3.37. The normalized spacial score (nSPS) is 11.2. The van der Waals surface area contributed by atoms with Gasteiger partial charge in [-0.2, -0.15) is 5.10 Å². The first-order chi connectivity index (χ1) is 13.6. The summed E-state index contributed by atoms with van der Waals surface area (Å²) < 4.78 is 5.75. The van der Waals surface area contributed by atoms with E-state index in [1.807, 2.05) is 67.6 Å². The number of nitrogens with zero attached hydrogens (tertiary/aromatic N) is 1. The van der Waals surface area contributed by atoms with E-state index in [4.69, 9.17) is 16.0 Å². The lowest BCUT2D eigenvalue weighted by Gasteiger charge is -2.02. The van der Waals surface area contributed by atoms with Crippen LogP contribution in [0.5, 0.6) is 0 Å². The van der Waals surface area contributed by atoms with Crippen LogP contribution < -0.4 is 5.43 Å². The van der Waals surface area contributed by atoms with E-state index in [-0.39, 0.29) is 5.91 Å². The van der Waals surface area contributed by atoms with E-state index in [2.05, 4.69) is 10.5 Å². The first kappa shape index (κ1) is 18.0. The third-order valence-electron chi connectivity index (χ3n) is 4.45. The number of benzene rings is 3. The van der Waals surface area contributed by atoms with Crippen LogP contribution in [-0.4, -0.2) is 12.1 Å². The van der Waals surface area contributed by atoms with E-state index < -0.39 is 0 Å². The van der Waals surface area contributed by atoms with Crippen LogP contribution in [-0.2, 0) is 0 Å². The second-order valence-corrected chi connectivity index (χ2v) is 6.83. The zero-order chi connectivity index (χ0) is 19.5. The Balaban J connectivity index is 1.45. The Morgan fingerprint density at radius 2 is 1.82 bits per heavy atom. The van der Waals surface area contributed by atoms with Crippen molar-refractivity contribution in [3.05, 3.63) is 94.7 Å². The van der Waals surface area contributed by atoms with Crippen molar-refractivity contribution in [2.24, 2.45) is 5.10 Å². The van der Waals surface area contributed by atoms with Gasteiger partial charge in [-0.05, 0) is 53.6 Å². The highest BCUT2D eigenvalue weighted by molar-refractivity contribution is 6.31. The average molecular weight is 389 g/mol. The number of amides is 1. The molecule has 1 N–H and O–H groups in total. The Labute approximate surface area is 167 Å². The Morgan fingerprint density at radius 1 is 1.00 bits per heavy atom. The molecule has 4 nitrogen and oxygen atoms in total. The van der Waals surface area contributed by atoms with Crippen molar-refractivity contribution < 1.29 is 9.21 Å². The molecule has 1 aromatic heterocycles. The van der Waals surface area contributed by atoms with Crippen LogP contribution in [0.3, 0.4) is 0 Å². The summed E-state index contributed by atoms with van der Waals surface area (Å²) in [5.41, 5.74) is 4.97. The topological polar surface area (TPSA) is 54.6 Å². The van der Waals surface area contributed by atoms with Crippen molar-refractivity contribution in [2.45, 2.75) is 6.92 Å². The standard InChI is InChI=1S/C23H17ClN2O2/c1-15-6-7-18(13-21(15)24)22-11-10-20(28-22)14-25-26-23(27)19-9-8-16-4-2-3-5-17(16)12-19/h2-14H,1H3,(H,26,27)/b25-14-. The smallest absolute Gasteiger partial charge is 0.271 e. The predicted octanol–water partition coefficient (Wildman–Crippen LogP) is 5.83. The highest BCUT2D eigenvalue weighted by atomic mass is 35.5. The molecule has 0 aliphatic heterocycles. The zero-order valence-corrected chi connectivity index (χ0v) is 15.9. The van der Waals surface area contributed by atoms with Gasteiger partial charge in [0, 0.05) is 16.1 Å². The maximum Gasteiger partial charge on any atom is 0.271 e. The van der Waals surface area contributed by atoms with E-state index >= 15 is 0 Å². The van der Waals surface area contributed by atoms with Crippen molar-refractivity contribution >= 4 is 34.5 Å². The van der Waals surface area contributed by atoms with Gasteiger partial charge in [0.1, 0.15) is 11.5 Å². The summed E-state index contributed by atoms with van der Waals surface area (Å²) in [5, 5.41) is 6.77. The van der Waals surface area contributed by atoms with Gasteiger partial charge in [-0.15, -0.1) is 0 Å². The lowest BCUT2D eigenvalue weighted by molar-refractivity contribution is 0.0955. The van der Waals surface area contributed by atoms with E-state index in [9.17, 15) is 4.79 Å². The molecule has 0 spiro atoms. The van der Waals surface area contributed by atoms with Gasteiger partial charge in [0.05, 0.1) is 6.21 Å². The van der Waals surface area contributed by atoms with Crippen molar-refractivity contribution in [1.29, 1.82) is 0 Å². The first-order valence-corrected chi connectivity index (χ1v) is 9.16. The Kier molecular flexibility index (Phi) is 4.96. The quantitative estimate of drug-likeness (QED) is 0.353. The highest BCUT2D eigenvalue weighted by Crippen LogP contribution is 2.26. The molecular weight excluding hydrogens is 372 g/mol. The SMILES string of the molecule is Cc1ccc(-c2ccc(/C=N\NC(=O)c3ccc4ccccc4c3)o2)cc1Cl.